The SMILES string of the molecule is Cc1ccc(OCC(=O)OCC(=O)/C(C#N)=C2\Sc3ccccc3N2C)c(C)c1. The van der Waals surface area contributed by atoms with Gasteiger partial charge in [-0.25, -0.2) is 4.79 Å². The summed E-state index contributed by atoms with van der Waals surface area (Å²) in [6.07, 6.45) is 0. The molecule has 0 amide bonds. The van der Waals surface area contributed by atoms with Crippen molar-refractivity contribution in [3.05, 3.63) is 64.2 Å². The molecule has 1 heterocycles. The summed E-state index contributed by atoms with van der Waals surface area (Å²) in [6, 6.07) is 15.2. The van der Waals surface area contributed by atoms with Gasteiger partial charge in [-0.05, 0) is 37.6 Å². The van der Waals surface area contributed by atoms with Crippen LogP contribution in [-0.4, -0.2) is 32.0 Å². The number of hydrogen-bond acceptors (Lipinski definition) is 7. The molecule has 0 saturated heterocycles. The fraction of sp³-hybridized carbons (Fsp3) is 0.227. The number of rotatable bonds is 6. The molecule has 148 valence electrons. The summed E-state index contributed by atoms with van der Waals surface area (Å²) in [5, 5.41) is 10.0. The van der Waals surface area contributed by atoms with Crippen molar-refractivity contribution >= 4 is 29.2 Å². The first-order chi connectivity index (χ1) is 13.9. The molecule has 6 nitrogen and oxygen atoms in total. The summed E-state index contributed by atoms with van der Waals surface area (Å²) in [5.74, 6) is -0.633. The second kappa shape index (κ2) is 8.84. The van der Waals surface area contributed by atoms with Crippen LogP contribution in [0.1, 0.15) is 11.1 Å². The first kappa shape index (κ1) is 20.5. The molecule has 3 rings (SSSR count). The number of carbonyl (C=O) groups is 2. The zero-order chi connectivity index (χ0) is 21.0. The van der Waals surface area contributed by atoms with E-state index in [4.69, 9.17) is 9.47 Å². The van der Waals surface area contributed by atoms with E-state index in [1.165, 1.54) is 11.8 Å². The molecule has 0 unspecified atom stereocenters. The van der Waals surface area contributed by atoms with Crippen molar-refractivity contribution < 1.29 is 19.1 Å². The summed E-state index contributed by atoms with van der Waals surface area (Å²) in [4.78, 5) is 27.2. The number of nitrogens with zero attached hydrogens (tertiary/aromatic N) is 2. The van der Waals surface area contributed by atoms with Crippen molar-refractivity contribution in [3.63, 3.8) is 0 Å². The average Bonchev–Trinajstić information content (AvgIpc) is 3.03. The molecule has 0 saturated carbocycles. The highest BCUT2D eigenvalue weighted by atomic mass is 32.2. The third-order valence-corrected chi connectivity index (χ3v) is 5.62. The third-order valence-electron chi connectivity index (χ3n) is 4.38. The van der Waals surface area contributed by atoms with Crippen molar-refractivity contribution in [3.8, 4) is 11.8 Å². The van der Waals surface area contributed by atoms with Crippen LogP contribution in [0.3, 0.4) is 0 Å². The minimum absolute atomic E-state index is 0.0307. The maximum Gasteiger partial charge on any atom is 0.344 e. The lowest BCUT2D eigenvalue weighted by molar-refractivity contribution is -0.149. The predicted octanol–water partition coefficient (Wildman–Crippen LogP) is 3.77. The Morgan fingerprint density at radius 2 is 1.90 bits per heavy atom. The molecular formula is C22H20N2O4S. The number of Topliss-reactive ketones (excluding diaryl/α,β-unsaturated/α-hetero) is 1. The summed E-state index contributed by atoms with van der Waals surface area (Å²) in [6.45, 7) is 3.04. The highest BCUT2D eigenvalue weighted by Crippen LogP contribution is 2.46. The molecule has 0 spiro atoms. The summed E-state index contributed by atoms with van der Waals surface area (Å²) >= 11 is 1.35. The van der Waals surface area contributed by atoms with E-state index in [0.717, 1.165) is 21.7 Å². The number of esters is 1. The lowest BCUT2D eigenvalue weighted by atomic mass is 10.1. The zero-order valence-corrected chi connectivity index (χ0v) is 17.2. The number of benzene rings is 2. The van der Waals surface area contributed by atoms with Crippen molar-refractivity contribution in [2.24, 2.45) is 0 Å². The Bertz CT molecular complexity index is 1040. The quantitative estimate of drug-likeness (QED) is 0.409. The lowest BCUT2D eigenvalue weighted by Crippen LogP contribution is -2.22. The number of para-hydroxylation sites is 1. The Morgan fingerprint density at radius 1 is 1.14 bits per heavy atom. The van der Waals surface area contributed by atoms with E-state index in [9.17, 15) is 14.9 Å². The normalized spacial score (nSPS) is 14.1. The van der Waals surface area contributed by atoms with Gasteiger partial charge in [0.1, 0.15) is 22.4 Å². The van der Waals surface area contributed by atoms with Gasteiger partial charge in [0.05, 0.1) is 5.69 Å². The van der Waals surface area contributed by atoms with Gasteiger partial charge >= 0.3 is 5.97 Å². The van der Waals surface area contributed by atoms with Gasteiger partial charge in [0.2, 0.25) is 5.78 Å². The highest BCUT2D eigenvalue weighted by Gasteiger charge is 2.28. The maximum atomic E-state index is 12.5. The number of nitriles is 1. The van der Waals surface area contributed by atoms with Gasteiger partial charge in [-0.1, -0.05) is 41.6 Å². The molecule has 7 heteroatoms. The van der Waals surface area contributed by atoms with E-state index in [0.29, 0.717) is 10.8 Å². The Hall–Kier alpha value is -3.24. The van der Waals surface area contributed by atoms with Crippen molar-refractivity contribution in [2.45, 2.75) is 18.7 Å². The van der Waals surface area contributed by atoms with Crippen LogP contribution in [0.5, 0.6) is 5.75 Å². The first-order valence-electron chi connectivity index (χ1n) is 8.94. The zero-order valence-electron chi connectivity index (χ0n) is 16.4. The van der Waals surface area contributed by atoms with E-state index in [2.05, 4.69) is 0 Å². The Kier molecular flexibility index (Phi) is 6.25. The van der Waals surface area contributed by atoms with Crippen molar-refractivity contribution in [1.29, 1.82) is 5.26 Å². The fourth-order valence-electron chi connectivity index (χ4n) is 2.91. The number of aryl methyl sites for hydroxylation is 2. The molecule has 29 heavy (non-hydrogen) atoms. The molecule has 0 N–H and O–H groups in total. The average molecular weight is 408 g/mol. The van der Waals surface area contributed by atoms with Crippen molar-refractivity contribution in [2.75, 3.05) is 25.2 Å². The number of ether oxygens (including phenoxy) is 2. The number of hydrogen-bond donors (Lipinski definition) is 0. The molecule has 2 aromatic carbocycles. The smallest absolute Gasteiger partial charge is 0.344 e. The molecular weight excluding hydrogens is 388 g/mol. The van der Waals surface area contributed by atoms with Gasteiger partial charge in [-0.15, -0.1) is 0 Å². The third kappa shape index (κ3) is 4.61. The Labute approximate surface area is 173 Å². The van der Waals surface area contributed by atoms with Crippen LogP contribution < -0.4 is 9.64 Å². The van der Waals surface area contributed by atoms with E-state index in [1.807, 2.05) is 56.3 Å². The molecule has 0 radical (unpaired) electrons. The van der Waals surface area contributed by atoms with Crippen molar-refractivity contribution in [1.82, 2.24) is 0 Å². The number of fused-ring (bicyclic) bond motifs is 1. The predicted molar refractivity (Wildman–Crippen MR) is 111 cm³/mol. The van der Waals surface area contributed by atoms with Crippen LogP contribution >= 0.6 is 11.8 Å². The van der Waals surface area contributed by atoms with E-state index < -0.39 is 18.4 Å². The standard InChI is InChI=1S/C22H20N2O4S/c1-14-8-9-19(15(2)10-14)27-13-21(26)28-12-18(25)16(11-23)22-24(3)17-6-4-5-7-20(17)29-22/h4-10H,12-13H2,1-3H3/b22-16-. The summed E-state index contributed by atoms with van der Waals surface area (Å²) in [5.41, 5.74) is 2.90. The van der Waals surface area contributed by atoms with Crippen LogP contribution in [0.2, 0.25) is 0 Å². The molecule has 1 aliphatic heterocycles. The second-order valence-electron chi connectivity index (χ2n) is 6.56. The largest absolute Gasteiger partial charge is 0.482 e. The minimum Gasteiger partial charge on any atom is -0.482 e. The summed E-state index contributed by atoms with van der Waals surface area (Å²) < 4.78 is 10.5. The van der Waals surface area contributed by atoms with E-state index >= 15 is 0 Å². The van der Waals surface area contributed by atoms with E-state index in [1.54, 1.807) is 18.0 Å². The molecule has 0 fully saturated rings. The first-order valence-corrected chi connectivity index (χ1v) is 9.76. The molecule has 2 aromatic rings. The molecule has 0 aliphatic carbocycles. The Morgan fingerprint density at radius 3 is 2.59 bits per heavy atom. The second-order valence-corrected chi connectivity index (χ2v) is 7.59. The van der Waals surface area contributed by atoms with Gasteiger partial charge in [0, 0.05) is 11.9 Å². The van der Waals surface area contributed by atoms with Gasteiger partial charge in [0.15, 0.2) is 13.2 Å². The maximum absolute atomic E-state index is 12.5. The van der Waals surface area contributed by atoms with Crippen LogP contribution in [-0.2, 0) is 14.3 Å². The van der Waals surface area contributed by atoms with Gasteiger partial charge in [-0.3, -0.25) is 4.79 Å². The fourth-order valence-corrected chi connectivity index (χ4v) is 4.07. The van der Waals surface area contributed by atoms with Gasteiger partial charge < -0.3 is 14.4 Å². The van der Waals surface area contributed by atoms with Crippen LogP contribution in [0.25, 0.3) is 0 Å². The monoisotopic (exact) mass is 408 g/mol. The van der Waals surface area contributed by atoms with Gasteiger partial charge in [-0.2, -0.15) is 5.26 Å². The van der Waals surface area contributed by atoms with Crippen LogP contribution in [0.15, 0.2) is 58.0 Å². The topological polar surface area (TPSA) is 79.6 Å². The molecule has 0 bridgehead atoms. The number of ketones is 1. The number of anilines is 1. The van der Waals surface area contributed by atoms with Crippen LogP contribution in [0.4, 0.5) is 5.69 Å². The van der Waals surface area contributed by atoms with Gasteiger partial charge in [0.25, 0.3) is 0 Å². The molecule has 1 aliphatic rings. The molecule has 0 atom stereocenters. The lowest BCUT2D eigenvalue weighted by Gasteiger charge is -2.14. The summed E-state index contributed by atoms with van der Waals surface area (Å²) in [7, 11) is 1.79. The number of thioether (sulfide) groups is 1. The number of carbonyl (C=O) groups excluding carboxylic acids is 2. The van der Waals surface area contributed by atoms with Crippen LogP contribution in [0, 0.1) is 25.2 Å². The minimum atomic E-state index is -0.670. The Balaban J connectivity index is 1.59. The van der Waals surface area contributed by atoms with E-state index in [-0.39, 0.29) is 12.2 Å². The highest BCUT2D eigenvalue weighted by molar-refractivity contribution is 8.03. The molecule has 0 aromatic heterocycles.